The molecule has 0 radical (unpaired) electrons. The number of hydrogen-bond donors (Lipinski definition) is 4. The summed E-state index contributed by atoms with van der Waals surface area (Å²) in [6.45, 7) is 3.79. The number of phosphoric acid groups is 2. The van der Waals surface area contributed by atoms with E-state index in [1.807, 2.05) is 31.2 Å². The summed E-state index contributed by atoms with van der Waals surface area (Å²) in [6, 6.07) is 7.21. The summed E-state index contributed by atoms with van der Waals surface area (Å²) in [5.41, 5.74) is 2.67. The van der Waals surface area contributed by atoms with Gasteiger partial charge in [0, 0.05) is 0 Å². The SMILES string of the molecule is C/C(=C\COP(=O)(O)OP(=O)(O)O)CC/C=C(\C)COc1cccc(CO)c1. The molecule has 0 fully saturated rings. The summed E-state index contributed by atoms with van der Waals surface area (Å²) in [4.78, 5) is 26.2. The first-order valence-electron chi connectivity index (χ1n) is 8.39. The molecule has 11 heteroatoms. The van der Waals surface area contributed by atoms with Gasteiger partial charge in [0.15, 0.2) is 0 Å². The van der Waals surface area contributed by atoms with Crippen LogP contribution in [-0.4, -0.2) is 33.0 Å². The van der Waals surface area contributed by atoms with Crippen molar-refractivity contribution in [1.29, 1.82) is 0 Å². The monoisotopic (exact) mass is 436 g/mol. The van der Waals surface area contributed by atoms with E-state index in [4.69, 9.17) is 24.5 Å². The standard InChI is InChI=1S/C17H26O9P2/c1-14(9-10-25-28(22,23)26-27(19,20)21)5-3-6-15(2)13-24-17-8-4-7-16(11-17)12-18/h4,6-9,11,18H,3,5,10,12-13H2,1-2H3,(H,22,23)(H2,19,20,21)/b14-9+,15-6+. The molecule has 9 nitrogen and oxygen atoms in total. The molecule has 1 aromatic rings. The van der Waals surface area contributed by atoms with Gasteiger partial charge in [0.05, 0.1) is 13.2 Å². The minimum absolute atomic E-state index is 0.0431. The Morgan fingerprint density at radius 3 is 2.46 bits per heavy atom. The van der Waals surface area contributed by atoms with E-state index in [1.165, 1.54) is 6.08 Å². The van der Waals surface area contributed by atoms with Crippen molar-refractivity contribution in [3.63, 3.8) is 0 Å². The number of benzene rings is 1. The van der Waals surface area contributed by atoms with E-state index in [0.29, 0.717) is 25.2 Å². The highest BCUT2D eigenvalue weighted by atomic mass is 31.3. The number of phosphoric ester groups is 1. The van der Waals surface area contributed by atoms with Gasteiger partial charge in [-0.25, -0.2) is 9.13 Å². The molecule has 158 valence electrons. The molecule has 0 heterocycles. The minimum atomic E-state index is -5.10. The third-order valence-electron chi connectivity index (χ3n) is 3.46. The molecule has 1 rings (SSSR count). The van der Waals surface area contributed by atoms with Gasteiger partial charge >= 0.3 is 15.6 Å². The predicted octanol–water partition coefficient (Wildman–Crippen LogP) is 3.46. The van der Waals surface area contributed by atoms with E-state index in [0.717, 1.165) is 16.7 Å². The van der Waals surface area contributed by atoms with Crippen LogP contribution in [0, 0.1) is 0 Å². The molecule has 0 saturated carbocycles. The third-order valence-corrected chi connectivity index (χ3v) is 5.61. The Morgan fingerprint density at radius 1 is 1.11 bits per heavy atom. The van der Waals surface area contributed by atoms with Gasteiger partial charge in [-0.1, -0.05) is 29.9 Å². The number of rotatable bonds is 12. The maximum Gasteiger partial charge on any atom is 0.481 e. The molecule has 0 spiro atoms. The maximum atomic E-state index is 11.3. The van der Waals surface area contributed by atoms with Gasteiger partial charge in [-0.2, -0.15) is 4.31 Å². The normalized spacial score (nSPS) is 15.4. The number of allylic oxidation sites excluding steroid dienone is 2. The molecular formula is C17H26O9P2. The van der Waals surface area contributed by atoms with Crippen LogP contribution in [-0.2, 0) is 24.6 Å². The average Bonchev–Trinajstić information content (AvgIpc) is 2.58. The predicted molar refractivity (Wildman–Crippen MR) is 104 cm³/mol. The Morgan fingerprint density at radius 2 is 1.82 bits per heavy atom. The summed E-state index contributed by atoms with van der Waals surface area (Å²) in [5.74, 6) is 0.679. The van der Waals surface area contributed by atoms with E-state index in [9.17, 15) is 9.13 Å². The Hall–Kier alpha value is -1.28. The topological polar surface area (TPSA) is 143 Å². The van der Waals surface area contributed by atoms with Crippen molar-refractivity contribution < 1.29 is 42.5 Å². The molecule has 0 aliphatic heterocycles. The fourth-order valence-corrected chi connectivity index (χ4v) is 3.60. The van der Waals surface area contributed by atoms with Crippen LogP contribution >= 0.6 is 15.6 Å². The van der Waals surface area contributed by atoms with Crippen LogP contribution in [0.3, 0.4) is 0 Å². The summed E-state index contributed by atoms with van der Waals surface area (Å²) in [5, 5.41) is 9.11. The van der Waals surface area contributed by atoms with Crippen LogP contribution in [0.1, 0.15) is 32.3 Å². The fraction of sp³-hybridized carbons (Fsp3) is 0.412. The van der Waals surface area contributed by atoms with Gasteiger partial charge in [0.2, 0.25) is 0 Å². The quantitative estimate of drug-likeness (QED) is 0.286. The van der Waals surface area contributed by atoms with Crippen LogP contribution < -0.4 is 4.74 Å². The lowest BCUT2D eigenvalue weighted by molar-refractivity contribution is 0.191. The zero-order valence-electron chi connectivity index (χ0n) is 15.7. The van der Waals surface area contributed by atoms with Crippen molar-refractivity contribution >= 4 is 15.6 Å². The smallest absolute Gasteiger partial charge is 0.481 e. The lowest BCUT2D eigenvalue weighted by atomic mass is 10.1. The molecule has 0 aromatic heterocycles. The van der Waals surface area contributed by atoms with Crippen molar-refractivity contribution in [2.75, 3.05) is 13.2 Å². The van der Waals surface area contributed by atoms with E-state index in [2.05, 4.69) is 8.83 Å². The molecule has 0 aliphatic carbocycles. The molecule has 28 heavy (non-hydrogen) atoms. The van der Waals surface area contributed by atoms with Crippen molar-refractivity contribution in [2.24, 2.45) is 0 Å². The summed E-state index contributed by atoms with van der Waals surface area (Å²) in [7, 11) is -9.91. The second kappa shape index (κ2) is 11.7. The highest BCUT2D eigenvalue weighted by Gasteiger charge is 2.31. The molecular weight excluding hydrogens is 410 g/mol. The van der Waals surface area contributed by atoms with Crippen molar-refractivity contribution in [3.8, 4) is 5.75 Å². The minimum Gasteiger partial charge on any atom is -0.489 e. The first-order chi connectivity index (χ1) is 13.0. The van der Waals surface area contributed by atoms with Gasteiger partial charge < -0.3 is 24.5 Å². The molecule has 0 saturated heterocycles. The largest absolute Gasteiger partial charge is 0.489 e. The second-order valence-electron chi connectivity index (χ2n) is 6.07. The van der Waals surface area contributed by atoms with Crippen molar-refractivity contribution in [2.45, 2.75) is 33.3 Å². The van der Waals surface area contributed by atoms with E-state index >= 15 is 0 Å². The van der Waals surface area contributed by atoms with E-state index in [-0.39, 0.29) is 13.2 Å². The third kappa shape index (κ3) is 11.5. The zero-order valence-corrected chi connectivity index (χ0v) is 17.5. The van der Waals surface area contributed by atoms with E-state index < -0.39 is 15.6 Å². The molecule has 0 bridgehead atoms. The lowest BCUT2D eigenvalue weighted by Gasteiger charge is -2.11. The Kier molecular flexibility index (Phi) is 10.3. The first kappa shape index (κ1) is 24.8. The first-order valence-corrected chi connectivity index (χ1v) is 11.4. The molecule has 1 atom stereocenters. The molecule has 1 unspecified atom stereocenters. The lowest BCUT2D eigenvalue weighted by Crippen LogP contribution is -1.99. The summed E-state index contributed by atoms with van der Waals surface area (Å²) < 4.78 is 35.7. The van der Waals surface area contributed by atoms with Crippen LogP contribution in [0.4, 0.5) is 0 Å². The number of ether oxygens (including phenoxy) is 1. The molecule has 1 aromatic carbocycles. The van der Waals surface area contributed by atoms with Gasteiger partial charge in [-0.3, -0.25) is 4.52 Å². The van der Waals surface area contributed by atoms with Crippen LogP contribution in [0.15, 0.2) is 47.6 Å². The zero-order chi connectivity index (χ0) is 21.2. The fourth-order valence-electron chi connectivity index (χ4n) is 2.07. The highest BCUT2D eigenvalue weighted by Crippen LogP contribution is 2.57. The number of hydrogen-bond acceptors (Lipinski definition) is 6. The average molecular weight is 436 g/mol. The summed E-state index contributed by atoms with van der Waals surface area (Å²) in [6.07, 6.45) is 4.91. The number of aliphatic hydroxyl groups is 1. The Labute approximate surface area is 164 Å². The molecule has 0 aliphatic rings. The second-order valence-corrected chi connectivity index (χ2v) is 8.90. The molecule has 0 amide bonds. The maximum absolute atomic E-state index is 11.3. The number of aliphatic hydroxyl groups excluding tert-OH is 1. The van der Waals surface area contributed by atoms with Gasteiger partial charge in [-0.15, -0.1) is 0 Å². The van der Waals surface area contributed by atoms with Gasteiger partial charge in [-0.05, 0) is 50.0 Å². The van der Waals surface area contributed by atoms with Crippen LogP contribution in [0.5, 0.6) is 5.75 Å². The van der Waals surface area contributed by atoms with Gasteiger partial charge in [0.25, 0.3) is 0 Å². The molecule has 4 N–H and O–H groups in total. The Bertz CT molecular complexity index is 783. The van der Waals surface area contributed by atoms with Crippen LogP contribution in [0.25, 0.3) is 0 Å². The van der Waals surface area contributed by atoms with Crippen molar-refractivity contribution in [3.05, 3.63) is 53.1 Å². The highest BCUT2D eigenvalue weighted by molar-refractivity contribution is 7.60. The van der Waals surface area contributed by atoms with Crippen LogP contribution in [0.2, 0.25) is 0 Å². The Balaban J connectivity index is 2.36. The van der Waals surface area contributed by atoms with Crippen molar-refractivity contribution in [1.82, 2.24) is 0 Å². The summed E-state index contributed by atoms with van der Waals surface area (Å²) >= 11 is 0. The van der Waals surface area contributed by atoms with Gasteiger partial charge in [0.1, 0.15) is 12.4 Å². The van der Waals surface area contributed by atoms with E-state index in [1.54, 1.807) is 13.0 Å².